The molecule has 1 aromatic heterocycles. The Morgan fingerprint density at radius 3 is 2.43 bits per heavy atom. The number of carbonyl (C=O) groups is 1. The van der Waals surface area contributed by atoms with Crippen molar-refractivity contribution < 1.29 is 4.79 Å². The van der Waals surface area contributed by atoms with Gasteiger partial charge in [-0.3, -0.25) is 0 Å². The number of hydrogen-bond acceptors (Lipinski definition) is 2. The van der Waals surface area contributed by atoms with Crippen molar-refractivity contribution in [2.24, 2.45) is 0 Å². The van der Waals surface area contributed by atoms with Gasteiger partial charge in [0.25, 0.3) is 0 Å². The summed E-state index contributed by atoms with van der Waals surface area (Å²) >= 11 is 1.68. The van der Waals surface area contributed by atoms with Crippen LogP contribution in [0.2, 0.25) is 0 Å². The fraction of sp³-hybridized carbons (Fsp3) is 0.353. The molecule has 0 fully saturated rings. The zero-order chi connectivity index (χ0) is 15.2. The van der Waals surface area contributed by atoms with Gasteiger partial charge in [-0.15, -0.1) is 11.3 Å². The molecule has 2 amide bonds. The van der Waals surface area contributed by atoms with Gasteiger partial charge in [0.1, 0.15) is 0 Å². The molecule has 4 heteroatoms. The molecule has 2 aromatic rings. The van der Waals surface area contributed by atoms with Crippen LogP contribution in [0.25, 0.3) is 0 Å². The topological polar surface area (TPSA) is 32.3 Å². The van der Waals surface area contributed by atoms with Gasteiger partial charge in [0.2, 0.25) is 0 Å². The second-order valence-electron chi connectivity index (χ2n) is 5.21. The molecule has 112 valence electrons. The van der Waals surface area contributed by atoms with Gasteiger partial charge in [-0.25, -0.2) is 4.79 Å². The first-order valence-electron chi connectivity index (χ1n) is 7.20. The Bertz CT molecular complexity index is 589. The molecular formula is C17H22N2OS. The number of carbonyl (C=O) groups excluding carboxylic acids is 1. The summed E-state index contributed by atoms with van der Waals surface area (Å²) in [6.07, 6.45) is 1.04. The number of benzene rings is 1. The number of urea groups is 1. The number of hydrogen-bond donors (Lipinski definition) is 1. The monoisotopic (exact) mass is 302 g/mol. The Balaban J connectivity index is 1.85. The smallest absolute Gasteiger partial charge is 0.317 e. The molecule has 0 bridgehead atoms. The Labute approximate surface area is 130 Å². The van der Waals surface area contributed by atoms with Crippen molar-refractivity contribution in [2.45, 2.75) is 33.4 Å². The molecule has 21 heavy (non-hydrogen) atoms. The summed E-state index contributed by atoms with van der Waals surface area (Å²) in [5, 5.41) is 5.02. The maximum absolute atomic E-state index is 12.1. The minimum absolute atomic E-state index is 0.0395. The molecule has 1 heterocycles. The van der Waals surface area contributed by atoms with Gasteiger partial charge in [0.05, 0.1) is 6.54 Å². The van der Waals surface area contributed by atoms with Crippen molar-refractivity contribution in [1.82, 2.24) is 10.2 Å². The average molecular weight is 302 g/mol. The summed E-state index contributed by atoms with van der Waals surface area (Å²) < 4.78 is 0. The van der Waals surface area contributed by atoms with Crippen molar-refractivity contribution in [2.75, 3.05) is 7.05 Å². The van der Waals surface area contributed by atoms with E-state index in [2.05, 4.69) is 54.9 Å². The Morgan fingerprint density at radius 2 is 1.86 bits per heavy atom. The highest BCUT2D eigenvalue weighted by molar-refractivity contribution is 7.10. The third-order valence-corrected chi connectivity index (χ3v) is 4.59. The first-order valence-corrected chi connectivity index (χ1v) is 8.08. The van der Waals surface area contributed by atoms with E-state index in [9.17, 15) is 4.79 Å². The molecule has 1 aromatic carbocycles. The second kappa shape index (κ2) is 7.27. The van der Waals surface area contributed by atoms with Crippen LogP contribution >= 0.6 is 11.3 Å². The molecule has 1 N–H and O–H groups in total. The standard InChI is InChI=1S/C17H22N2OS/c1-4-14-5-7-15(8-6-14)12-19(3)17(20)18-11-16-13(2)9-10-21-16/h5-10H,4,11-12H2,1-3H3,(H,18,20). The van der Waals surface area contributed by atoms with Gasteiger partial charge in [-0.05, 0) is 41.5 Å². The van der Waals surface area contributed by atoms with E-state index in [0.29, 0.717) is 13.1 Å². The number of rotatable bonds is 5. The van der Waals surface area contributed by atoms with E-state index in [4.69, 9.17) is 0 Å². The van der Waals surface area contributed by atoms with Gasteiger partial charge >= 0.3 is 6.03 Å². The summed E-state index contributed by atoms with van der Waals surface area (Å²) in [5.74, 6) is 0. The van der Waals surface area contributed by atoms with Crippen LogP contribution in [0.5, 0.6) is 0 Å². The van der Waals surface area contributed by atoms with Crippen LogP contribution in [0.3, 0.4) is 0 Å². The summed E-state index contributed by atoms with van der Waals surface area (Å²) in [6, 6.07) is 10.5. The highest BCUT2D eigenvalue weighted by Gasteiger charge is 2.09. The van der Waals surface area contributed by atoms with Gasteiger partial charge in [0.15, 0.2) is 0 Å². The van der Waals surface area contributed by atoms with Crippen LogP contribution < -0.4 is 5.32 Å². The maximum atomic E-state index is 12.1. The molecule has 0 aliphatic rings. The van der Waals surface area contributed by atoms with E-state index in [1.807, 2.05) is 7.05 Å². The van der Waals surface area contributed by atoms with Gasteiger partial charge in [-0.2, -0.15) is 0 Å². The molecule has 0 saturated carbocycles. The van der Waals surface area contributed by atoms with Crippen molar-refractivity contribution in [3.05, 3.63) is 57.3 Å². The minimum atomic E-state index is -0.0395. The van der Waals surface area contributed by atoms with Crippen molar-refractivity contribution in [3.63, 3.8) is 0 Å². The van der Waals surface area contributed by atoms with Crippen molar-refractivity contribution >= 4 is 17.4 Å². The lowest BCUT2D eigenvalue weighted by molar-refractivity contribution is 0.206. The minimum Gasteiger partial charge on any atom is -0.333 e. The number of nitrogens with one attached hydrogen (secondary N) is 1. The quantitative estimate of drug-likeness (QED) is 0.891. The normalized spacial score (nSPS) is 10.4. The molecule has 0 unspecified atom stereocenters. The molecule has 0 spiro atoms. The van der Waals surface area contributed by atoms with E-state index in [1.165, 1.54) is 16.0 Å². The van der Waals surface area contributed by atoms with Gasteiger partial charge in [-0.1, -0.05) is 31.2 Å². The maximum Gasteiger partial charge on any atom is 0.317 e. The first-order chi connectivity index (χ1) is 10.1. The lowest BCUT2D eigenvalue weighted by Crippen LogP contribution is -2.36. The zero-order valence-electron chi connectivity index (χ0n) is 12.8. The van der Waals surface area contributed by atoms with Crippen molar-refractivity contribution in [1.29, 1.82) is 0 Å². The Kier molecular flexibility index (Phi) is 5.39. The fourth-order valence-electron chi connectivity index (χ4n) is 2.10. The molecular weight excluding hydrogens is 280 g/mol. The first kappa shape index (κ1) is 15.6. The van der Waals surface area contributed by atoms with Crippen LogP contribution in [0.4, 0.5) is 4.79 Å². The van der Waals surface area contributed by atoms with Crippen LogP contribution in [0.1, 0.15) is 28.5 Å². The number of amides is 2. The van der Waals surface area contributed by atoms with E-state index >= 15 is 0 Å². The van der Waals surface area contributed by atoms with Crippen molar-refractivity contribution in [3.8, 4) is 0 Å². The summed E-state index contributed by atoms with van der Waals surface area (Å²) in [7, 11) is 1.82. The van der Waals surface area contributed by atoms with E-state index < -0.39 is 0 Å². The van der Waals surface area contributed by atoms with E-state index in [-0.39, 0.29) is 6.03 Å². The number of nitrogens with zero attached hydrogens (tertiary/aromatic N) is 1. The Morgan fingerprint density at radius 1 is 1.19 bits per heavy atom. The molecule has 2 rings (SSSR count). The van der Waals surface area contributed by atoms with Gasteiger partial charge < -0.3 is 10.2 Å². The molecule has 0 aliphatic heterocycles. The van der Waals surface area contributed by atoms with Gasteiger partial charge in [0, 0.05) is 18.5 Å². The average Bonchev–Trinajstić information content (AvgIpc) is 2.90. The predicted molar refractivity (Wildman–Crippen MR) is 88.6 cm³/mol. The summed E-state index contributed by atoms with van der Waals surface area (Å²) in [4.78, 5) is 15.0. The van der Waals surface area contributed by atoms with Crippen LogP contribution in [0.15, 0.2) is 35.7 Å². The largest absolute Gasteiger partial charge is 0.333 e. The molecule has 0 saturated heterocycles. The fourth-order valence-corrected chi connectivity index (χ4v) is 2.95. The predicted octanol–water partition coefficient (Wildman–Crippen LogP) is 3.96. The lowest BCUT2D eigenvalue weighted by atomic mass is 10.1. The van der Waals surface area contributed by atoms with Crippen LogP contribution in [0, 0.1) is 6.92 Å². The lowest BCUT2D eigenvalue weighted by Gasteiger charge is -2.18. The number of aryl methyl sites for hydroxylation is 2. The molecule has 0 aliphatic carbocycles. The third kappa shape index (κ3) is 4.33. The molecule has 3 nitrogen and oxygen atoms in total. The molecule has 0 radical (unpaired) electrons. The van der Waals surface area contributed by atoms with E-state index in [0.717, 1.165) is 12.0 Å². The zero-order valence-corrected chi connectivity index (χ0v) is 13.7. The SMILES string of the molecule is CCc1ccc(CN(C)C(=O)NCc2sccc2C)cc1. The molecule has 0 atom stereocenters. The highest BCUT2D eigenvalue weighted by atomic mass is 32.1. The Hall–Kier alpha value is -1.81. The van der Waals surface area contributed by atoms with Crippen LogP contribution in [-0.2, 0) is 19.5 Å². The second-order valence-corrected chi connectivity index (χ2v) is 6.21. The van der Waals surface area contributed by atoms with Crippen LogP contribution in [-0.4, -0.2) is 18.0 Å². The number of thiophene rings is 1. The third-order valence-electron chi connectivity index (χ3n) is 3.57. The highest BCUT2D eigenvalue weighted by Crippen LogP contribution is 2.15. The summed E-state index contributed by atoms with van der Waals surface area (Å²) in [6.45, 7) is 5.43. The van der Waals surface area contributed by atoms with E-state index in [1.54, 1.807) is 16.2 Å². The summed E-state index contributed by atoms with van der Waals surface area (Å²) in [5.41, 5.74) is 3.70.